The van der Waals surface area contributed by atoms with Crippen LogP contribution in [-0.2, 0) is 14.1 Å². The van der Waals surface area contributed by atoms with Gasteiger partial charge in [-0.05, 0) is 11.8 Å². The molecule has 0 aliphatic heterocycles. The predicted octanol–water partition coefficient (Wildman–Crippen LogP) is -1.87. The highest BCUT2D eigenvalue weighted by atomic mass is 79.9. The van der Waals surface area contributed by atoms with Gasteiger partial charge in [0.25, 0.3) is 0 Å². The molecule has 0 spiro atoms. The van der Waals surface area contributed by atoms with Gasteiger partial charge in [0.2, 0.25) is 0 Å². The van der Waals surface area contributed by atoms with Gasteiger partial charge in [-0.15, -0.1) is 6.58 Å². The zero-order valence-corrected chi connectivity index (χ0v) is 9.73. The van der Waals surface area contributed by atoms with Crippen molar-refractivity contribution in [1.82, 2.24) is 4.57 Å². The van der Waals surface area contributed by atoms with E-state index in [4.69, 9.17) is 0 Å². The van der Waals surface area contributed by atoms with Crippen LogP contribution in [0.1, 0.15) is 0 Å². The molecule has 0 radical (unpaired) electrons. The Morgan fingerprint density at radius 1 is 1.75 bits per heavy atom. The van der Waals surface area contributed by atoms with Crippen molar-refractivity contribution in [2.45, 2.75) is 5.16 Å². The molecule has 2 nitrogen and oxygen atoms in total. The van der Waals surface area contributed by atoms with Crippen molar-refractivity contribution in [1.29, 1.82) is 0 Å². The Labute approximate surface area is 88.1 Å². The molecular formula is C8H13BrN2S. The number of aryl methyl sites for hydroxylation is 2. The van der Waals surface area contributed by atoms with Crippen molar-refractivity contribution in [3.63, 3.8) is 0 Å². The lowest BCUT2D eigenvalue weighted by Gasteiger charge is -1.93. The summed E-state index contributed by atoms with van der Waals surface area (Å²) >= 11 is 1.79. The molecule has 1 rings (SSSR count). The Hall–Kier alpha value is -0.220. The Morgan fingerprint density at radius 3 is 2.83 bits per heavy atom. The first kappa shape index (κ1) is 11.8. The Balaban J connectivity index is 0.00000121. The lowest BCUT2D eigenvalue weighted by atomic mass is 10.8. The molecule has 4 heteroatoms. The molecule has 68 valence electrons. The molecule has 0 saturated heterocycles. The molecule has 0 fully saturated rings. The van der Waals surface area contributed by atoms with Crippen molar-refractivity contribution in [3.8, 4) is 0 Å². The van der Waals surface area contributed by atoms with E-state index in [2.05, 4.69) is 15.7 Å². The zero-order valence-electron chi connectivity index (χ0n) is 7.33. The van der Waals surface area contributed by atoms with E-state index < -0.39 is 0 Å². The van der Waals surface area contributed by atoms with Crippen LogP contribution < -0.4 is 21.5 Å². The second-order valence-electron chi connectivity index (χ2n) is 2.40. The molecule has 0 unspecified atom stereocenters. The maximum absolute atomic E-state index is 3.68. The molecule has 0 amide bonds. The first-order chi connectivity index (χ1) is 5.25. The number of imidazole rings is 1. The van der Waals surface area contributed by atoms with Gasteiger partial charge in [-0.25, -0.2) is 9.13 Å². The fourth-order valence-electron chi connectivity index (χ4n) is 0.913. The Morgan fingerprint density at radius 2 is 2.42 bits per heavy atom. The van der Waals surface area contributed by atoms with Crippen LogP contribution in [0.5, 0.6) is 0 Å². The maximum Gasteiger partial charge on any atom is 0.317 e. The van der Waals surface area contributed by atoms with Crippen LogP contribution >= 0.6 is 11.8 Å². The van der Waals surface area contributed by atoms with Crippen LogP contribution in [0.15, 0.2) is 30.2 Å². The van der Waals surface area contributed by atoms with Crippen LogP contribution in [0, 0.1) is 0 Å². The van der Waals surface area contributed by atoms with Crippen molar-refractivity contribution in [3.05, 3.63) is 25.0 Å². The molecule has 0 bridgehead atoms. The van der Waals surface area contributed by atoms with Crippen molar-refractivity contribution in [2.24, 2.45) is 14.1 Å². The van der Waals surface area contributed by atoms with Crippen molar-refractivity contribution in [2.75, 3.05) is 5.75 Å². The van der Waals surface area contributed by atoms with E-state index >= 15 is 0 Å². The number of thioether (sulfide) groups is 1. The lowest BCUT2D eigenvalue weighted by Crippen LogP contribution is -3.00. The van der Waals surface area contributed by atoms with E-state index in [0.717, 1.165) is 5.75 Å². The van der Waals surface area contributed by atoms with Crippen molar-refractivity contribution >= 4 is 11.8 Å². The van der Waals surface area contributed by atoms with Crippen molar-refractivity contribution < 1.29 is 21.5 Å². The molecule has 1 aromatic heterocycles. The topological polar surface area (TPSA) is 8.81 Å². The van der Waals surface area contributed by atoms with E-state index in [0.29, 0.717) is 0 Å². The third-order valence-corrected chi connectivity index (χ3v) is 2.68. The predicted molar refractivity (Wildman–Crippen MR) is 47.5 cm³/mol. The van der Waals surface area contributed by atoms with Gasteiger partial charge in [-0.2, -0.15) is 0 Å². The highest BCUT2D eigenvalue weighted by molar-refractivity contribution is 7.99. The summed E-state index contributed by atoms with van der Waals surface area (Å²) in [5.74, 6) is 0.964. The van der Waals surface area contributed by atoms with E-state index in [1.165, 1.54) is 5.16 Å². The van der Waals surface area contributed by atoms with Gasteiger partial charge >= 0.3 is 5.16 Å². The molecule has 0 aliphatic carbocycles. The van der Waals surface area contributed by atoms with Crippen LogP contribution in [0.3, 0.4) is 0 Å². The lowest BCUT2D eigenvalue weighted by molar-refractivity contribution is -0.709. The van der Waals surface area contributed by atoms with Crippen LogP contribution in [0.25, 0.3) is 0 Å². The summed E-state index contributed by atoms with van der Waals surface area (Å²) in [6, 6.07) is 0. The molecular weight excluding hydrogens is 236 g/mol. The summed E-state index contributed by atoms with van der Waals surface area (Å²) in [7, 11) is 4.09. The Kier molecular flexibility index (Phi) is 5.33. The number of hydrogen-bond donors (Lipinski definition) is 0. The monoisotopic (exact) mass is 248 g/mol. The standard InChI is InChI=1S/C8H13N2S.BrH/c1-4-7-11-8-9(2)5-6-10(8)3;/h4-6H,1,7H2,2-3H3;1H/q+1;/p-1. The quantitative estimate of drug-likeness (QED) is 0.346. The first-order valence-corrected chi connectivity index (χ1v) is 4.49. The third-order valence-electron chi connectivity index (χ3n) is 1.45. The number of halogens is 1. The summed E-state index contributed by atoms with van der Waals surface area (Å²) in [5, 5.41) is 1.25. The fraction of sp³-hybridized carbons (Fsp3) is 0.375. The minimum atomic E-state index is 0. The highest BCUT2D eigenvalue weighted by Gasteiger charge is 2.09. The third kappa shape index (κ3) is 2.68. The largest absolute Gasteiger partial charge is 1.00 e. The minimum Gasteiger partial charge on any atom is -1.00 e. The molecule has 12 heavy (non-hydrogen) atoms. The van der Waals surface area contributed by atoms with Crippen LogP contribution in [0.2, 0.25) is 0 Å². The number of aromatic nitrogens is 2. The Bertz CT molecular complexity index is 238. The summed E-state index contributed by atoms with van der Waals surface area (Å²) in [4.78, 5) is 0. The molecule has 0 aliphatic rings. The van der Waals surface area contributed by atoms with E-state index in [1.54, 1.807) is 11.8 Å². The molecule has 0 saturated carbocycles. The minimum absolute atomic E-state index is 0. The fourth-order valence-corrected chi connectivity index (χ4v) is 1.71. The maximum atomic E-state index is 3.68. The van der Waals surface area contributed by atoms with Crippen LogP contribution in [-0.4, -0.2) is 10.3 Å². The highest BCUT2D eigenvalue weighted by Crippen LogP contribution is 2.11. The van der Waals surface area contributed by atoms with E-state index in [9.17, 15) is 0 Å². The average molecular weight is 249 g/mol. The van der Waals surface area contributed by atoms with Crippen LogP contribution in [0.4, 0.5) is 0 Å². The van der Waals surface area contributed by atoms with Gasteiger partial charge in [-0.1, -0.05) is 6.08 Å². The van der Waals surface area contributed by atoms with E-state index in [1.807, 2.05) is 32.6 Å². The average Bonchev–Trinajstić information content (AvgIpc) is 2.29. The van der Waals surface area contributed by atoms with Gasteiger partial charge < -0.3 is 17.0 Å². The summed E-state index contributed by atoms with van der Waals surface area (Å²) in [5.41, 5.74) is 0. The van der Waals surface area contributed by atoms with Gasteiger partial charge in [-0.3, -0.25) is 0 Å². The summed E-state index contributed by atoms with van der Waals surface area (Å²) in [6.45, 7) is 3.68. The number of nitrogens with zero attached hydrogens (tertiary/aromatic N) is 2. The number of rotatable bonds is 3. The molecule has 0 aromatic carbocycles. The summed E-state index contributed by atoms with van der Waals surface area (Å²) in [6.07, 6.45) is 6.01. The summed E-state index contributed by atoms with van der Waals surface area (Å²) < 4.78 is 4.21. The second-order valence-corrected chi connectivity index (χ2v) is 3.39. The van der Waals surface area contributed by atoms with Gasteiger partial charge in [0, 0.05) is 5.75 Å². The molecule has 0 N–H and O–H groups in total. The van der Waals surface area contributed by atoms with Gasteiger partial charge in [0.1, 0.15) is 12.4 Å². The normalized spacial score (nSPS) is 9.17. The second kappa shape index (κ2) is 5.43. The number of hydrogen-bond acceptors (Lipinski definition) is 1. The van der Waals surface area contributed by atoms with E-state index in [-0.39, 0.29) is 17.0 Å². The first-order valence-electron chi connectivity index (χ1n) is 3.50. The SMILES string of the molecule is C=CCSc1n(C)cc[n+]1C.[Br-]. The molecule has 1 aromatic rings. The van der Waals surface area contributed by atoms with Gasteiger partial charge in [0.15, 0.2) is 0 Å². The molecule has 0 atom stereocenters. The zero-order chi connectivity index (χ0) is 8.27. The smallest absolute Gasteiger partial charge is 0.317 e. The molecule has 1 heterocycles. The van der Waals surface area contributed by atoms with Gasteiger partial charge in [0.05, 0.1) is 14.1 Å².